The summed E-state index contributed by atoms with van der Waals surface area (Å²) < 4.78 is 5.46. The van der Waals surface area contributed by atoms with Crippen molar-refractivity contribution in [3.8, 4) is 0 Å². The van der Waals surface area contributed by atoms with Gasteiger partial charge in [0.15, 0.2) is 0 Å². The quantitative estimate of drug-likeness (QED) is 0.428. The number of hydrogen-bond acceptors (Lipinski definition) is 3. The van der Waals surface area contributed by atoms with Crippen LogP contribution in [0, 0.1) is 17.3 Å². The lowest BCUT2D eigenvalue weighted by Gasteiger charge is -2.23. The van der Waals surface area contributed by atoms with E-state index in [-0.39, 0.29) is 11.9 Å². The predicted octanol–water partition coefficient (Wildman–Crippen LogP) is 6.30. The fourth-order valence-electron chi connectivity index (χ4n) is 3.31. The Balaban J connectivity index is 0.000000960. The molecule has 4 heteroatoms. The van der Waals surface area contributed by atoms with Crippen LogP contribution in [0.2, 0.25) is 0 Å². The number of ether oxygens (including phenoxy) is 1. The molecule has 0 aromatic heterocycles. The van der Waals surface area contributed by atoms with Crippen molar-refractivity contribution in [3.05, 3.63) is 34.9 Å². The average Bonchev–Trinajstić information content (AvgIpc) is 2.62. The topological polar surface area (TPSA) is 63.6 Å². The fourth-order valence-corrected chi connectivity index (χ4v) is 3.31. The molecule has 0 spiro atoms. The van der Waals surface area contributed by atoms with E-state index in [9.17, 15) is 9.59 Å². The van der Waals surface area contributed by atoms with Crippen molar-refractivity contribution in [2.45, 2.75) is 86.5 Å². The molecule has 0 amide bonds. The number of aryl methyl sites for hydroxylation is 1. The van der Waals surface area contributed by atoms with Gasteiger partial charge in [-0.1, -0.05) is 60.5 Å². The van der Waals surface area contributed by atoms with Gasteiger partial charge in [0.05, 0.1) is 18.1 Å². The lowest BCUT2D eigenvalue weighted by molar-refractivity contribution is -0.149. The Morgan fingerprint density at radius 3 is 2.34 bits per heavy atom. The molecule has 0 heterocycles. The van der Waals surface area contributed by atoms with Crippen LogP contribution in [0.3, 0.4) is 0 Å². The maximum absolute atomic E-state index is 12.3. The number of rotatable bonds is 7. The minimum absolute atomic E-state index is 0.0993. The highest BCUT2D eigenvalue weighted by Crippen LogP contribution is 2.27. The fraction of sp³-hybridized carbons (Fsp3) is 0.680. The first-order valence-corrected chi connectivity index (χ1v) is 11.0. The lowest BCUT2D eigenvalue weighted by atomic mass is 9.83. The molecular formula is C25H40O4. The first kappa shape index (κ1) is 25.2. The minimum Gasteiger partial charge on any atom is -0.478 e. The van der Waals surface area contributed by atoms with Gasteiger partial charge in [0.25, 0.3) is 0 Å². The van der Waals surface area contributed by atoms with Gasteiger partial charge in [-0.25, -0.2) is 4.79 Å². The molecule has 0 radical (unpaired) electrons. The Kier molecular flexibility index (Phi) is 10.4. The third-order valence-corrected chi connectivity index (χ3v) is 4.83. The van der Waals surface area contributed by atoms with Crippen LogP contribution in [0.25, 0.3) is 0 Å². The van der Waals surface area contributed by atoms with Crippen LogP contribution in [0.1, 0.15) is 95.1 Å². The summed E-state index contributed by atoms with van der Waals surface area (Å²) in [6.45, 7) is 13.7. The van der Waals surface area contributed by atoms with Gasteiger partial charge in [0.1, 0.15) is 0 Å². The first-order valence-electron chi connectivity index (χ1n) is 11.0. The van der Waals surface area contributed by atoms with E-state index in [2.05, 4.69) is 41.5 Å². The monoisotopic (exact) mass is 404 g/mol. The van der Waals surface area contributed by atoms with Crippen LogP contribution in [-0.4, -0.2) is 23.7 Å². The summed E-state index contributed by atoms with van der Waals surface area (Å²) in [5.74, 6) is -0.280. The van der Waals surface area contributed by atoms with E-state index in [1.165, 1.54) is 12.8 Å². The van der Waals surface area contributed by atoms with Crippen LogP contribution in [0.4, 0.5) is 0 Å². The SMILES string of the molecule is CC(C)(C)CCCCCOC(=O)C1CCc2cc(C(=O)O)ccc2C1.CC(C)C. The molecule has 29 heavy (non-hydrogen) atoms. The number of esters is 1. The first-order chi connectivity index (χ1) is 13.5. The van der Waals surface area contributed by atoms with Gasteiger partial charge in [0, 0.05) is 0 Å². The Morgan fingerprint density at radius 2 is 1.76 bits per heavy atom. The molecule has 0 aliphatic heterocycles. The molecule has 1 aromatic carbocycles. The van der Waals surface area contributed by atoms with E-state index in [4.69, 9.17) is 9.84 Å². The molecule has 2 rings (SSSR count). The number of hydrogen-bond donors (Lipinski definition) is 1. The van der Waals surface area contributed by atoms with Crippen molar-refractivity contribution in [3.63, 3.8) is 0 Å². The molecular weight excluding hydrogens is 364 g/mol. The summed E-state index contributed by atoms with van der Waals surface area (Å²) in [5.41, 5.74) is 2.80. The highest BCUT2D eigenvalue weighted by Gasteiger charge is 2.26. The zero-order valence-corrected chi connectivity index (χ0v) is 19.2. The zero-order valence-electron chi connectivity index (χ0n) is 19.2. The second-order valence-electron chi connectivity index (χ2n) is 10.00. The van der Waals surface area contributed by atoms with Gasteiger partial charge in [-0.05, 0) is 66.7 Å². The van der Waals surface area contributed by atoms with Gasteiger partial charge in [-0.3, -0.25) is 4.79 Å². The van der Waals surface area contributed by atoms with Crippen LogP contribution in [-0.2, 0) is 22.4 Å². The summed E-state index contributed by atoms with van der Waals surface area (Å²) in [4.78, 5) is 23.3. The Bertz CT molecular complexity index is 653. The minimum atomic E-state index is -0.907. The van der Waals surface area contributed by atoms with Crippen molar-refractivity contribution in [1.82, 2.24) is 0 Å². The summed E-state index contributed by atoms with van der Waals surface area (Å²) >= 11 is 0. The normalized spacial score (nSPS) is 15.9. The molecule has 0 fully saturated rings. The van der Waals surface area contributed by atoms with E-state index in [1.807, 2.05) is 6.07 Å². The third-order valence-electron chi connectivity index (χ3n) is 4.83. The molecule has 1 unspecified atom stereocenters. The van der Waals surface area contributed by atoms with E-state index >= 15 is 0 Å². The number of carboxylic acid groups (broad SMARTS) is 1. The summed E-state index contributed by atoms with van der Waals surface area (Å²) in [6.07, 6.45) is 6.50. The number of fused-ring (bicyclic) bond motifs is 1. The van der Waals surface area contributed by atoms with Crippen molar-refractivity contribution < 1.29 is 19.4 Å². The van der Waals surface area contributed by atoms with Crippen molar-refractivity contribution in [2.24, 2.45) is 17.3 Å². The van der Waals surface area contributed by atoms with E-state index in [0.717, 1.165) is 42.7 Å². The van der Waals surface area contributed by atoms with Gasteiger partial charge < -0.3 is 9.84 Å². The lowest BCUT2D eigenvalue weighted by Crippen LogP contribution is -2.25. The van der Waals surface area contributed by atoms with E-state index in [0.29, 0.717) is 24.0 Å². The molecule has 4 nitrogen and oxygen atoms in total. The standard InChI is InChI=1S/C21H30O4.C4H10/c1-21(2,3)11-5-4-6-12-25-20(24)18-10-8-15-13-17(19(22)23)9-7-16(15)14-18;1-4(2)3/h7,9,13,18H,4-6,8,10-12,14H2,1-3H3,(H,22,23);4H,1-3H3. The maximum Gasteiger partial charge on any atom is 0.335 e. The molecule has 1 aliphatic carbocycles. The Morgan fingerprint density at radius 1 is 1.10 bits per heavy atom. The summed E-state index contributed by atoms with van der Waals surface area (Å²) in [7, 11) is 0. The number of carbonyl (C=O) groups is 2. The summed E-state index contributed by atoms with van der Waals surface area (Å²) in [5, 5.41) is 9.06. The number of carbonyl (C=O) groups excluding carboxylic acids is 1. The number of benzene rings is 1. The van der Waals surface area contributed by atoms with Crippen LogP contribution < -0.4 is 0 Å². The molecule has 1 N–H and O–H groups in total. The van der Waals surface area contributed by atoms with Gasteiger partial charge in [-0.2, -0.15) is 0 Å². The second kappa shape index (κ2) is 12.0. The Hall–Kier alpha value is -1.84. The summed E-state index contributed by atoms with van der Waals surface area (Å²) in [6, 6.07) is 5.18. The van der Waals surface area contributed by atoms with Gasteiger partial charge >= 0.3 is 11.9 Å². The smallest absolute Gasteiger partial charge is 0.335 e. The van der Waals surface area contributed by atoms with E-state index in [1.54, 1.807) is 12.1 Å². The molecule has 1 aromatic rings. The van der Waals surface area contributed by atoms with Crippen LogP contribution in [0.15, 0.2) is 18.2 Å². The van der Waals surface area contributed by atoms with Crippen LogP contribution >= 0.6 is 0 Å². The maximum atomic E-state index is 12.3. The van der Waals surface area contributed by atoms with Crippen molar-refractivity contribution >= 4 is 11.9 Å². The van der Waals surface area contributed by atoms with Crippen LogP contribution in [0.5, 0.6) is 0 Å². The predicted molar refractivity (Wildman–Crippen MR) is 118 cm³/mol. The Labute approximate surface area is 177 Å². The number of aromatic carboxylic acids is 1. The molecule has 1 aliphatic rings. The van der Waals surface area contributed by atoms with E-state index < -0.39 is 5.97 Å². The molecule has 0 saturated heterocycles. The average molecular weight is 405 g/mol. The highest BCUT2D eigenvalue weighted by atomic mass is 16.5. The van der Waals surface area contributed by atoms with Crippen molar-refractivity contribution in [2.75, 3.05) is 6.61 Å². The molecule has 0 bridgehead atoms. The van der Waals surface area contributed by atoms with Gasteiger partial charge in [-0.15, -0.1) is 0 Å². The third kappa shape index (κ3) is 10.5. The largest absolute Gasteiger partial charge is 0.478 e. The number of unbranched alkanes of at least 4 members (excludes halogenated alkanes) is 2. The second-order valence-corrected chi connectivity index (χ2v) is 10.00. The molecule has 164 valence electrons. The number of carboxylic acids is 1. The highest BCUT2D eigenvalue weighted by molar-refractivity contribution is 5.88. The molecule has 0 saturated carbocycles. The van der Waals surface area contributed by atoms with Crippen molar-refractivity contribution in [1.29, 1.82) is 0 Å². The zero-order chi connectivity index (χ0) is 22.0. The van der Waals surface area contributed by atoms with Gasteiger partial charge in [0.2, 0.25) is 0 Å². The molecule has 1 atom stereocenters.